The van der Waals surface area contributed by atoms with Crippen molar-refractivity contribution >= 4 is 29.1 Å². The number of amides is 1. The van der Waals surface area contributed by atoms with E-state index in [4.69, 9.17) is 29.6 Å². The van der Waals surface area contributed by atoms with Gasteiger partial charge in [-0.3, -0.25) is 4.79 Å². The maximum absolute atomic E-state index is 11.8. The number of halogens is 2. The lowest BCUT2D eigenvalue weighted by molar-refractivity contribution is 0.0929. The highest BCUT2D eigenvalue weighted by Gasteiger charge is 2.20. The van der Waals surface area contributed by atoms with E-state index in [9.17, 15) is 4.79 Å². The molecule has 16 heavy (non-hydrogen) atoms. The van der Waals surface area contributed by atoms with Gasteiger partial charge in [0.15, 0.2) is 0 Å². The Morgan fingerprint density at radius 1 is 1.50 bits per heavy atom. The summed E-state index contributed by atoms with van der Waals surface area (Å²) in [6, 6.07) is 2.99. The summed E-state index contributed by atoms with van der Waals surface area (Å²) in [5.74, 6) is 2.07. The van der Waals surface area contributed by atoms with Gasteiger partial charge in [0.05, 0.1) is 11.1 Å². The molecule has 0 atom stereocenters. The second-order valence-electron chi connectivity index (χ2n) is 3.70. The first-order valence-electron chi connectivity index (χ1n) is 4.48. The lowest BCUT2D eigenvalue weighted by Crippen LogP contribution is -2.42. The van der Waals surface area contributed by atoms with Gasteiger partial charge >= 0.3 is 0 Å². The van der Waals surface area contributed by atoms with Crippen LogP contribution >= 0.6 is 23.2 Å². The van der Waals surface area contributed by atoms with Gasteiger partial charge in [-0.25, -0.2) is 4.98 Å². The van der Waals surface area contributed by atoms with Crippen molar-refractivity contribution in [3.63, 3.8) is 0 Å². The van der Waals surface area contributed by atoms with E-state index in [1.807, 2.05) is 0 Å². The molecule has 1 heterocycles. The molecule has 1 N–H and O–H groups in total. The Hall–Kier alpha value is -1.24. The van der Waals surface area contributed by atoms with E-state index in [-0.39, 0.29) is 21.8 Å². The highest BCUT2D eigenvalue weighted by atomic mass is 35.5. The largest absolute Gasteiger partial charge is 0.336 e. The van der Waals surface area contributed by atoms with Gasteiger partial charge in [0.2, 0.25) is 0 Å². The predicted molar refractivity (Wildman–Crippen MR) is 64.6 cm³/mol. The summed E-state index contributed by atoms with van der Waals surface area (Å²) in [4.78, 5) is 15.5. The normalized spacial score (nSPS) is 10.7. The van der Waals surface area contributed by atoms with Crippen LogP contribution in [-0.2, 0) is 0 Å². The molecule has 0 saturated heterocycles. The first kappa shape index (κ1) is 12.8. The number of terminal acetylenes is 1. The minimum absolute atomic E-state index is 0.0535. The third-order valence-corrected chi connectivity index (χ3v) is 2.34. The fourth-order valence-electron chi connectivity index (χ4n) is 0.969. The molecular weight excluding hydrogens is 247 g/mol. The Morgan fingerprint density at radius 3 is 2.62 bits per heavy atom. The minimum atomic E-state index is -0.736. The van der Waals surface area contributed by atoms with Crippen LogP contribution in [0.2, 0.25) is 10.3 Å². The Balaban J connectivity index is 2.95. The van der Waals surface area contributed by atoms with Gasteiger partial charge in [0.25, 0.3) is 5.91 Å². The number of rotatable bonds is 2. The lowest BCUT2D eigenvalue weighted by Gasteiger charge is -2.19. The third-order valence-electron chi connectivity index (χ3n) is 1.85. The van der Waals surface area contributed by atoms with Crippen LogP contribution < -0.4 is 5.32 Å². The van der Waals surface area contributed by atoms with E-state index >= 15 is 0 Å². The minimum Gasteiger partial charge on any atom is -0.336 e. The van der Waals surface area contributed by atoms with Crippen molar-refractivity contribution in [2.45, 2.75) is 19.4 Å². The fourth-order valence-corrected chi connectivity index (χ4v) is 1.40. The van der Waals surface area contributed by atoms with Crippen molar-refractivity contribution in [1.82, 2.24) is 10.3 Å². The number of carbonyl (C=O) groups excluding carboxylic acids is 1. The summed E-state index contributed by atoms with van der Waals surface area (Å²) in [7, 11) is 0. The van der Waals surface area contributed by atoms with Crippen LogP contribution in [0.25, 0.3) is 0 Å². The zero-order valence-electron chi connectivity index (χ0n) is 8.84. The summed E-state index contributed by atoms with van der Waals surface area (Å²) < 4.78 is 0. The smallest absolute Gasteiger partial charge is 0.255 e. The Bertz CT molecular complexity index is 464. The predicted octanol–water partition coefficient (Wildman–Crippen LogP) is 2.53. The first-order chi connectivity index (χ1) is 7.35. The summed E-state index contributed by atoms with van der Waals surface area (Å²) in [5.41, 5.74) is -0.491. The Labute approximate surface area is 104 Å². The van der Waals surface area contributed by atoms with Crippen molar-refractivity contribution in [2.24, 2.45) is 0 Å². The molecule has 5 heteroatoms. The number of pyridine rings is 1. The quantitative estimate of drug-likeness (QED) is 0.653. The molecule has 1 rings (SSSR count). The highest BCUT2D eigenvalue weighted by Crippen LogP contribution is 2.17. The molecule has 0 radical (unpaired) electrons. The number of aromatic nitrogens is 1. The van der Waals surface area contributed by atoms with E-state index in [0.717, 1.165) is 0 Å². The van der Waals surface area contributed by atoms with Crippen LogP contribution in [-0.4, -0.2) is 16.4 Å². The van der Waals surface area contributed by atoms with Gasteiger partial charge in [0.1, 0.15) is 10.3 Å². The van der Waals surface area contributed by atoms with Gasteiger partial charge in [-0.15, -0.1) is 6.42 Å². The van der Waals surface area contributed by atoms with E-state index in [2.05, 4.69) is 16.2 Å². The van der Waals surface area contributed by atoms with Gasteiger partial charge in [-0.05, 0) is 26.0 Å². The molecule has 0 aromatic carbocycles. The fraction of sp³-hybridized carbons (Fsp3) is 0.273. The molecule has 0 unspecified atom stereocenters. The van der Waals surface area contributed by atoms with E-state index in [1.54, 1.807) is 13.8 Å². The van der Waals surface area contributed by atoms with Crippen molar-refractivity contribution in [2.75, 3.05) is 0 Å². The molecule has 0 aliphatic heterocycles. The molecule has 0 fully saturated rings. The molecule has 0 bridgehead atoms. The third kappa shape index (κ3) is 3.13. The number of nitrogens with zero attached hydrogens (tertiary/aromatic N) is 1. The SMILES string of the molecule is C#CC(C)(C)NC(=O)c1ccc(Cl)nc1Cl. The summed E-state index contributed by atoms with van der Waals surface area (Å²) in [6.07, 6.45) is 5.26. The van der Waals surface area contributed by atoms with Gasteiger partial charge < -0.3 is 5.32 Å². The van der Waals surface area contributed by atoms with E-state index in [1.165, 1.54) is 12.1 Å². The molecule has 1 amide bonds. The number of hydrogen-bond donors (Lipinski definition) is 1. The van der Waals surface area contributed by atoms with E-state index < -0.39 is 5.54 Å². The molecule has 1 aromatic heterocycles. The molecule has 0 spiro atoms. The van der Waals surface area contributed by atoms with Crippen LogP contribution in [0.3, 0.4) is 0 Å². The monoisotopic (exact) mass is 256 g/mol. The lowest BCUT2D eigenvalue weighted by atomic mass is 10.1. The number of hydrogen-bond acceptors (Lipinski definition) is 2. The van der Waals surface area contributed by atoms with Crippen LogP contribution in [0.1, 0.15) is 24.2 Å². The average molecular weight is 257 g/mol. The summed E-state index contributed by atoms with van der Waals surface area (Å²) in [6.45, 7) is 3.42. The Kier molecular flexibility index (Phi) is 3.79. The number of nitrogens with one attached hydrogen (secondary N) is 1. The standard InChI is InChI=1S/C11H10Cl2N2O/c1-4-11(2,3)15-10(16)7-5-6-8(12)14-9(7)13/h1,5-6H,2-3H3,(H,15,16). The maximum atomic E-state index is 11.8. The molecule has 0 saturated carbocycles. The summed E-state index contributed by atoms with van der Waals surface area (Å²) >= 11 is 11.4. The first-order valence-corrected chi connectivity index (χ1v) is 5.23. The number of carbonyl (C=O) groups is 1. The zero-order chi connectivity index (χ0) is 12.3. The van der Waals surface area contributed by atoms with Crippen molar-refractivity contribution < 1.29 is 4.79 Å². The van der Waals surface area contributed by atoms with Gasteiger partial charge in [-0.1, -0.05) is 29.1 Å². The topological polar surface area (TPSA) is 42.0 Å². The van der Waals surface area contributed by atoms with Crippen molar-refractivity contribution in [1.29, 1.82) is 0 Å². The molecule has 0 aliphatic carbocycles. The molecule has 0 aliphatic rings. The average Bonchev–Trinajstić information content (AvgIpc) is 2.16. The van der Waals surface area contributed by atoms with Crippen LogP contribution in [0.15, 0.2) is 12.1 Å². The summed E-state index contributed by atoms with van der Waals surface area (Å²) in [5, 5.41) is 2.93. The van der Waals surface area contributed by atoms with Crippen LogP contribution in [0.5, 0.6) is 0 Å². The van der Waals surface area contributed by atoms with Crippen LogP contribution in [0, 0.1) is 12.3 Å². The maximum Gasteiger partial charge on any atom is 0.255 e. The van der Waals surface area contributed by atoms with Gasteiger partial charge in [-0.2, -0.15) is 0 Å². The second kappa shape index (κ2) is 4.73. The van der Waals surface area contributed by atoms with E-state index in [0.29, 0.717) is 0 Å². The highest BCUT2D eigenvalue weighted by molar-refractivity contribution is 6.34. The zero-order valence-corrected chi connectivity index (χ0v) is 10.4. The van der Waals surface area contributed by atoms with Crippen molar-refractivity contribution in [3.05, 3.63) is 28.0 Å². The van der Waals surface area contributed by atoms with Crippen molar-refractivity contribution in [3.8, 4) is 12.3 Å². The Morgan fingerprint density at radius 2 is 2.12 bits per heavy atom. The van der Waals surface area contributed by atoms with Crippen LogP contribution in [0.4, 0.5) is 0 Å². The molecule has 1 aromatic rings. The molecular formula is C11H10Cl2N2O. The molecule has 84 valence electrons. The molecule has 3 nitrogen and oxygen atoms in total. The second-order valence-corrected chi connectivity index (χ2v) is 4.44. The van der Waals surface area contributed by atoms with Gasteiger partial charge in [0, 0.05) is 0 Å².